The number of aliphatic hydroxyl groups excluding tert-OH is 2. The van der Waals surface area contributed by atoms with E-state index < -0.39 is 5.60 Å². The number of fused-ring (bicyclic) bond motifs is 3. The molecule has 14 atom stereocenters. The molecule has 278 valence electrons. The van der Waals surface area contributed by atoms with Crippen molar-refractivity contribution in [2.45, 2.75) is 144 Å². The van der Waals surface area contributed by atoms with E-state index in [1.807, 2.05) is 0 Å². The molecule has 7 rings (SSSR count). The number of epoxide rings is 1. The Hall–Kier alpha value is -1.20. The van der Waals surface area contributed by atoms with E-state index >= 15 is 0 Å². The molecule has 49 heavy (non-hydrogen) atoms. The van der Waals surface area contributed by atoms with Crippen LogP contribution >= 0.6 is 0 Å². The third-order valence-electron chi connectivity index (χ3n) is 15.1. The molecular weight excluding hydrogens is 604 g/mol. The fourth-order valence-corrected chi connectivity index (χ4v) is 11.6. The monoisotopic (exact) mass is 679 g/mol. The fraction of sp³-hybridized carbons (Fsp3) is 0.822. The van der Waals surface area contributed by atoms with Crippen molar-refractivity contribution in [3.63, 3.8) is 0 Å². The molecule has 6 aliphatic carbocycles. The van der Waals surface area contributed by atoms with Crippen LogP contribution in [0.25, 0.3) is 0 Å². The van der Waals surface area contributed by atoms with Crippen LogP contribution in [0.2, 0.25) is 0 Å². The summed E-state index contributed by atoms with van der Waals surface area (Å²) in [7, 11) is 0. The van der Waals surface area contributed by atoms with Crippen LogP contribution in [-0.4, -0.2) is 46.3 Å². The maximum absolute atomic E-state index is 10.4. The molecule has 0 aromatic heterocycles. The molecule has 3 N–H and O–H groups in total. The summed E-state index contributed by atoms with van der Waals surface area (Å²) in [5.41, 5.74) is 4.97. The Bertz CT molecular complexity index is 1220. The molecule has 0 aromatic rings. The summed E-state index contributed by atoms with van der Waals surface area (Å²) in [5, 5.41) is 29.1. The normalized spacial score (nSPS) is 43.9. The quantitative estimate of drug-likeness (QED) is 0.200. The van der Waals surface area contributed by atoms with Gasteiger partial charge in [-0.1, -0.05) is 75.1 Å². The Balaban J connectivity index is 0.000000143. The molecule has 4 fully saturated rings. The van der Waals surface area contributed by atoms with E-state index in [1.54, 1.807) is 12.5 Å². The van der Waals surface area contributed by atoms with Crippen molar-refractivity contribution in [2.75, 3.05) is 19.8 Å². The molecule has 4 nitrogen and oxygen atoms in total. The topological polar surface area (TPSA) is 73.2 Å². The third-order valence-corrected chi connectivity index (χ3v) is 15.1. The van der Waals surface area contributed by atoms with Crippen molar-refractivity contribution in [2.24, 2.45) is 71.0 Å². The molecule has 1 saturated heterocycles. The zero-order chi connectivity index (χ0) is 35.7. The van der Waals surface area contributed by atoms with Gasteiger partial charge in [-0.15, -0.1) is 0 Å². The first-order valence-electron chi connectivity index (χ1n) is 20.5. The van der Waals surface area contributed by atoms with Crippen LogP contribution in [-0.2, 0) is 4.74 Å². The highest BCUT2D eigenvalue weighted by atomic mass is 16.6. The largest absolute Gasteiger partial charge is 0.393 e. The van der Waals surface area contributed by atoms with E-state index in [4.69, 9.17) is 4.74 Å². The van der Waals surface area contributed by atoms with Gasteiger partial charge in [-0.05, 0) is 175 Å². The van der Waals surface area contributed by atoms with Crippen molar-refractivity contribution in [3.05, 3.63) is 47.1 Å². The zero-order valence-electron chi connectivity index (χ0n) is 32.7. The van der Waals surface area contributed by atoms with Gasteiger partial charge in [-0.2, -0.15) is 0 Å². The van der Waals surface area contributed by atoms with Crippen LogP contribution in [0, 0.1) is 71.0 Å². The molecule has 0 spiro atoms. The minimum atomic E-state index is -0.919. The van der Waals surface area contributed by atoms with Gasteiger partial charge < -0.3 is 20.1 Å². The molecule has 0 amide bonds. The Morgan fingerprint density at radius 2 is 1.18 bits per heavy atom. The van der Waals surface area contributed by atoms with Crippen molar-refractivity contribution in [1.29, 1.82) is 0 Å². The van der Waals surface area contributed by atoms with Gasteiger partial charge in [0.1, 0.15) is 0 Å². The summed E-state index contributed by atoms with van der Waals surface area (Å²) in [6.07, 6.45) is 22.8. The highest BCUT2D eigenvalue weighted by molar-refractivity contribution is 5.18. The van der Waals surface area contributed by atoms with Gasteiger partial charge in [0.2, 0.25) is 0 Å². The first-order chi connectivity index (χ1) is 23.2. The highest BCUT2D eigenvalue weighted by Crippen LogP contribution is 2.53. The summed E-state index contributed by atoms with van der Waals surface area (Å²) in [6, 6.07) is 0. The van der Waals surface area contributed by atoms with E-state index in [2.05, 4.69) is 73.3 Å². The lowest BCUT2D eigenvalue weighted by Gasteiger charge is -2.48. The molecule has 0 radical (unpaired) electrons. The lowest BCUT2D eigenvalue weighted by molar-refractivity contribution is -0.0896. The second-order valence-electron chi connectivity index (χ2n) is 18.8. The van der Waals surface area contributed by atoms with Crippen LogP contribution in [0.3, 0.4) is 0 Å². The van der Waals surface area contributed by atoms with Gasteiger partial charge in [-0.3, -0.25) is 0 Å². The SMILES string of the molecule is C=C(CO)[C@H]1CC[C@@H](C)[C@@H]2CCC(C)=C[C@@H]21.CC1=C[C@H]2[C@@H](CC1)[C@H](C)CC[C@@H]2C(C)(O)CO.CC1=C[C@H]2[C@@H](CC1)[C@H](C)CC[C@@H]2C1(C)CO1. The standard InChI is InChI=1S/C15H26O2.2C15H24O/c1-10-4-6-12-11(2)5-7-14(13(12)8-10)15(3,17)9-16;1-10-4-6-12-11(2)5-7-14(13(12)8-10)15(3)9-16-15;1-10-4-6-13-11(2)5-7-14(12(3)9-16)15(13)8-10/h8,11-14,16-17H,4-7,9H2,1-3H3;8,11-14H,4-7,9H2,1-3H3;8,11,13-16H,3-7,9H2,1-2H3/t2*11-,12+,13+,14+,15?;11-,13+,14-,15+/m111/s1. The lowest BCUT2D eigenvalue weighted by atomic mass is 9.59. The summed E-state index contributed by atoms with van der Waals surface area (Å²) < 4.78 is 5.73. The van der Waals surface area contributed by atoms with Crippen molar-refractivity contribution >= 4 is 0 Å². The molecule has 7 aliphatic rings. The molecule has 1 heterocycles. The number of allylic oxidation sites excluding steroid dienone is 6. The third kappa shape index (κ3) is 8.89. The van der Waals surface area contributed by atoms with E-state index in [-0.39, 0.29) is 24.7 Å². The number of rotatable bonds is 5. The minimum absolute atomic E-state index is 0.123. The predicted octanol–water partition coefficient (Wildman–Crippen LogP) is 10.1. The Morgan fingerprint density at radius 3 is 1.69 bits per heavy atom. The Kier molecular flexibility index (Phi) is 12.9. The molecule has 3 saturated carbocycles. The first-order valence-corrected chi connectivity index (χ1v) is 20.5. The van der Waals surface area contributed by atoms with E-state index in [1.165, 1.54) is 81.8 Å². The summed E-state index contributed by atoms with van der Waals surface area (Å²) in [4.78, 5) is 0. The molecule has 0 bridgehead atoms. The number of ether oxygens (including phenoxy) is 1. The van der Waals surface area contributed by atoms with Crippen LogP contribution in [0.1, 0.15) is 132 Å². The molecule has 1 aliphatic heterocycles. The van der Waals surface area contributed by atoms with Gasteiger partial charge in [0.05, 0.1) is 31.0 Å². The Labute approximate surface area is 301 Å². The van der Waals surface area contributed by atoms with E-state index in [9.17, 15) is 15.3 Å². The van der Waals surface area contributed by atoms with Gasteiger partial charge in [0.15, 0.2) is 0 Å². The number of hydrogen-bond acceptors (Lipinski definition) is 4. The van der Waals surface area contributed by atoms with E-state index in [0.717, 1.165) is 60.0 Å². The maximum Gasteiger partial charge on any atom is 0.0922 e. The van der Waals surface area contributed by atoms with Crippen molar-refractivity contribution in [1.82, 2.24) is 0 Å². The average Bonchev–Trinajstić information content (AvgIpc) is 3.82. The second kappa shape index (κ2) is 16.2. The van der Waals surface area contributed by atoms with Gasteiger partial charge in [-0.25, -0.2) is 0 Å². The molecule has 2 unspecified atom stereocenters. The molecule has 0 aromatic carbocycles. The van der Waals surface area contributed by atoms with Crippen LogP contribution < -0.4 is 0 Å². The first kappa shape index (κ1) is 39.0. The van der Waals surface area contributed by atoms with Crippen LogP contribution in [0.15, 0.2) is 47.1 Å². The van der Waals surface area contributed by atoms with Crippen LogP contribution in [0.5, 0.6) is 0 Å². The summed E-state index contributed by atoms with van der Waals surface area (Å²) in [5.74, 6) is 8.47. The van der Waals surface area contributed by atoms with Gasteiger partial charge in [0, 0.05) is 0 Å². The fourth-order valence-electron chi connectivity index (χ4n) is 11.6. The minimum Gasteiger partial charge on any atom is -0.393 e. The summed E-state index contributed by atoms with van der Waals surface area (Å²) >= 11 is 0. The highest BCUT2D eigenvalue weighted by Gasteiger charge is 2.53. The van der Waals surface area contributed by atoms with Gasteiger partial charge in [0.25, 0.3) is 0 Å². The average molecular weight is 679 g/mol. The zero-order valence-corrected chi connectivity index (χ0v) is 32.7. The van der Waals surface area contributed by atoms with Gasteiger partial charge >= 0.3 is 0 Å². The van der Waals surface area contributed by atoms with Crippen molar-refractivity contribution in [3.8, 4) is 0 Å². The summed E-state index contributed by atoms with van der Waals surface area (Å²) in [6.45, 7) is 23.2. The predicted molar refractivity (Wildman–Crippen MR) is 204 cm³/mol. The van der Waals surface area contributed by atoms with Crippen LogP contribution in [0.4, 0.5) is 0 Å². The smallest absolute Gasteiger partial charge is 0.0922 e. The molecular formula is C45H74O4. The second-order valence-corrected chi connectivity index (χ2v) is 18.8. The number of aliphatic hydroxyl groups is 3. The van der Waals surface area contributed by atoms with Crippen molar-refractivity contribution < 1.29 is 20.1 Å². The number of hydrogen-bond donors (Lipinski definition) is 3. The Morgan fingerprint density at radius 1 is 0.735 bits per heavy atom. The maximum atomic E-state index is 10.4. The van der Waals surface area contributed by atoms with E-state index in [0.29, 0.717) is 23.7 Å². The lowest BCUT2D eigenvalue weighted by Crippen LogP contribution is -2.48. The molecule has 4 heteroatoms.